The van der Waals surface area contributed by atoms with E-state index in [1.54, 1.807) is 4.90 Å². The number of amides is 3. The molecule has 2 N–H and O–H groups in total. The van der Waals surface area contributed by atoms with Gasteiger partial charge in [-0.25, -0.2) is 4.79 Å². The summed E-state index contributed by atoms with van der Waals surface area (Å²) in [5.74, 6) is 0.134. The Kier molecular flexibility index (Phi) is 7.52. The summed E-state index contributed by atoms with van der Waals surface area (Å²) in [7, 11) is 0. The molecule has 0 saturated carbocycles. The van der Waals surface area contributed by atoms with Crippen LogP contribution in [0.3, 0.4) is 0 Å². The lowest BCUT2D eigenvalue weighted by atomic mass is 9.96. The first-order chi connectivity index (χ1) is 11.7. The Morgan fingerprint density at radius 1 is 1.00 bits per heavy atom. The molecule has 7 heteroatoms. The number of hydrogen-bond donors (Lipinski definition) is 2. The highest BCUT2D eigenvalue weighted by atomic mass is 35.5. The van der Waals surface area contributed by atoms with Crippen LogP contribution in [-0.4, -0.2) is 61.0 Å². The average molecular weight is 367 g/mol. The van der Waals surface area contributed by atoms with E-state index < -0.39 is 0 Å². The van der Waals surface area contributed by atoms with Crippen LogP contribution in [0.4, 0.5) is 10.5 Å². The lowest BCUT2D eigenvalue weighted by molar-refractivity contribution is -0.136. The van der Waals surface area contributed by atoms with Gasteiger partial charge in [-0.2, -0.15) is 0 Å². The largest absolute Gasteiger partial charge is 0.341 e. The number of carbonyl (C=O) groups is 2. The van der Waals surface area contributed by atoms with E-state index in [1.807, 2.05) is 35.2 Å². The van der Waals surface area contributed by atoms with Crippen LogP contribution in [0.15, 0.2) is 30.3 Å². The maximum Gasteiger partial charge on any atom is 0.321 e. The molecule has 2 aliphatic rings. The van der Waals surface area contributed by atoms with Gasteiger partial charge in [-0.15, -0.1) is 12.4 Å². The summed E-state index contributed by atoms with van der Waals surface area (Å²) in [6, 6.07) is 9.33. The Balaban J connectivity index is 0.00000225. The molecule has 138 valence electrons. The molecule has 0 aromatic heterocycles. The van der Waals surface area contributed by atoms with Gasteiger partial charge in [-0.05, 0) is 37.9 Å². The fraction of sp³-hybridized carbons (Fsp3) is 0.556. The fourth-order valence-corrected chi connectivity index (χ4v) is 3.41. The van der Waals surface area contributed by atoms with Crippen LogP contribution in [0.1, 0.15) is 19.3 Å². The quantitative estimate of drug-likeness (QED) is 0.843. The molecule has 1 unspecified atom stereocenters. The Hall–Kier alpha value is -1.79. The van der Waals surface area contributed by atoms with Crippen LogP contribution < -0.4 is 10.6 Å². The zero-order valence-electron chi connectivity index (χ0n) is 14.4. The van der Waals surface area contributed by atoms with Crippen LogP contribution in [0, 0.1) is 5.92 Å². The fourth-order valence-electron chi connectivity index (χ4n) is 3.41. The van der Waals surface area contributed by atoms with Crippen LogP contribution in [0.25, 0.3) is 0 Å². The second-order valence-electron chi connectivity index (χ2n) is 6.51. The Morgan fingerprint density at radius 3 is 2.56 bits per heavy atom. The predicted octanol–water partition coefficient (Wildman–Crippen LogP) is 2.17. The molecule has 2 heterocycles. The minimum atomic E-state index is -0.115. The Labute approximate surface area is 155 Å². The molecule has 2 fully saturated rings. The number of para-hydroxylation sites is 1. The van der Waals surface area contributed by atoms with Gasteiger partial charge in [0, 0.05) is 38.4 Å². The number of nitrogens with zero attached hydrogens (tertiary/aromatic N) is 2. The van der Waals surface area contributed by atoms with E-state index in [2.05, 4.69) is 10.6 Å². The molecule has 2 saturated heterocycles. The number of halogens is 1. The van der Waals surface area contributed by atoms with Crippen molar-refractivity contribution in [3.63, 3.8) is 0 Å². The first-order valence-electron chi connectivity index (χ1n) is 8.84. The normalized spacial score (nSPS) is 21.0. The summed E-state index contributed by atoms with van der Waals surface area (Å²) in [5, 5.41) is 6.23. The average Bonchev–Trinajstić information content (AvgIpc) is 2.91. The molecule has 25 heavy (non-hydrogen) atoms. The van der Waals surface area contributed by atoms with E-state index in [4.69, 9.17) is 0 Å². The molecule has 3 rings (SSSR count). The third-order valence-electron chi connectivity index (χ3n) is 4.73. The molecule has 6 nitrogen and oxygen atoms in total. The molecular weight excluding hydrogens is 340 g/mol. The smallest absolute Gasteiger partial charge is 0.321 e. The van der Waals surface area contributed by atoms with Gasteiger partial charge < -0.3 is 20.4 Å². The molecule has 0 spiro atoms. The lowest BCUT2D eigenvalue weighted by Crippen LogP contribution is -2.48. The third kappa shape index (κ3) is 5.34. The van der Waals surface area contributed by atoms with Gasteiger partial charge in [-0.1, -0.05) is 18.2 Å². The highest BCUT2D eigenvalue weighted by molar-refractivity contribution is 5.90. The van der Waals surface area contributed by atoms with Gasteiger partial charge >= 0.3 is 6.03 Å². The summed E-state index contributed by atoms with van der Waals surface area (Å²) in [6.07, 6.45) is 2.75. The molecule has 1 aromatic rings. The van der Waals surface area contributed by atoms with Crippen molar-refractivity contribution in [3.05, 3.63) is 30.3 Å². The SMILES string of the molecule is Cl.O=C(Nc1ccccc1)N1CCCC(C(=O)N2CCCNCC2)C1. The summed E-state index contributed by atoms with van der Waals surface area (Å²) in [5.41, 5.74) is 0.787. The van der Waals surface area contributed by atoms with E-state index in [9.17, 15) is 9.59 Å². The van der Waals surface area contributed by atoms with Crippen molar-refractivity contribution in [1.29, 1.82) is 0 Å². The number of rotatable bonds is 2. The van der Waals surface area contributed by atoms with Crippen LogP contribution in [0.5, 0.6) is 0 Å². The second-order valence-corrected chi connectivity index (χ2v) is 6.51. The summed E-state index contributed by atoms with van der Waals surface area (Å²) in [4.78, 5) is 29.0. The van der Waals surface area contributed by atoms with Crippen molar-refractivity contribution in [2.24, 2.45) is 5.92 Å². The topological polar surface area (TPSA) is 64.7 Å². The van der Waals surface area contributed by atoms with Gasteiger partial charge in [0.05, 0.1) is 5.92 Å². The summed E-state index contributed by atoms with van der Waals surface area (Å²) >= 11 is 0. The number of likely N-dealkylation sites (tertiary alicyclic amines) is 1. The summed E-state index contributed by atoms with van der Waals surface area (Å²) < 4.78 is 0. The zero-order chi connectivity index (χ0) is 16.8. The molecular formula is C18H27ClN4O2. The van der Waals surface area contributed by atoms with E-state index in [-0.39, 0.29) is 30.3 Å². The molecule has 1 atom stereocenters. The third-order valence-corrected chi connectivity index (χ3v) is 4.73. The molecule has 3 amide bonds. The maximum atomic E-state index is 12.8. The van der Waals surface area contributed by atoms with Crippen molar-refractivity contribution >= 4 is 30.0 Å². The molecule has 0 bridgehead atoms. The number of carbonyl (C=O) groups excluding carboxylic acids is 2. The summed E-state index contributed by atoms with van der Waals surface area (Å²) in [6.45, 7) is 4.65. The van der Waals surface area contributed by atoms with Crippen molar-refractivity contribution in [1.82, 2.24) is 15.1 Å². The van der Waals surface area contributed by atoms with Gasteiger partial charge in [0.2, 0.25) is 5.91 Å². The van der Waals surface area contributed by atoms with Gasteiger partial charge in [-0.3, -0.25) is 4.79 Å². The molecule has 2 aliphatic heterocycles. The van der Waals surface area contributed by atoms with Crippen molar-refractivity contribution < 1.29 is 9.59 Å². The zero-order valence-corrected chi connectivity index (χ0v) is 15.3. The van der Waals surface area contributed by atoms with E-state index in [0.29, 0.717) is 13.1 Å². The molecule has 1 aromatic carbocycles. The minimum Gasteiger partial charge on any atom is -0.341 e. The van der Waals surface area contributed by atoms with Crippen molar-refractivity contribution in [3.8, 4) is 0 Å². The predicted molar refractivity (Wildman–Crippen MR) is 101 cm³/mol. The van der Waals surface area contributed by atoms with Crippen molar-refractivity contribution in [2.45, 2.75) is 19.3 Å². The first-order valence-corrected chi connectivity index (χ1v) is 8.84. The number of piperidine rings is 1. The maximum absolute atomic E-state index is 12.8. The number of anilines is 1. The van der Waals surface area contributed by atoms with Crippen LogP contribution >= 0.6 is 12.4 Å². The molecule has 0 radical (unpaired) electrons. The monoisotopic (exact) mass is 366 g/mol. The van der Waals surface area contributed by atoms with Gasteiger partial charge in [0.1, 0.15) is 0 Å². The number of benzene rings is 1. The highest BCUT2D eigenvalue weighted by Gasteiger charge is 2.31. The van der Waals surface area contributed by atoms with Crippen molar-refractivity contribution in [2.75, 3.05) is 44.6 Å². The Bertz CT molecular complexity index is 561. The lowest BCUT2D eigenvalue weighted by Gasteiger charge is -2.34. The second kappa shape index (κ2) is 9.63. The van der Waals surface area contributed by atoms with Gasteiger partial charge in [0.25, 0.3) is 0 Å². The van der Waals surface area contributed by atoms with Crippen LogP contribution in [0.2, 0.25) is 0 Å². The highest BCUT2D eigenvalue weighted by Crippen LogP contribution is 2.20. The van der Waals surface area contributed by atoms with E-state index in [0.717, 1.165) is 51.1 Å². The number of hydrogen-bond acceptors (Lipinski definition) is 3. The van der Waals surface area contributed by atoms with E-state index in [1.165, 1.54) is 0 Å². The van der Waals surface area contributed by atoms with Gasteiger partial charge in [0.15, 0.2) is 0 Å². The number of nitrogens with one attached hydrogen (secondary N) is 2. The Morgan fingerprint density at radius 2 is 1.76 bits per heavy atom. The minimum absolute atomic E-state index is 0. The van der Waals surface area contributed by atoms with E-state index >= 15 is 0 Å². The standard InChI is InChI=1S/C18H26N4O2.ClH/c23-17(21-12-5-9-19-10-13-21)15-6-4-11-22(14-15)18(24)20-16-7-2-1-3-8-16;/h1-3,7-8,15,19H,4-6,9-14H2,(H,20,24);1H. The first kappa shape index (κ1) is 19.5. The molecule has 0 aliphatic carbocycles. The van der Waals surface area contributed by atoms with Crippen LogP contribution in [-0.2, 0) is 4.79 Å². The number of urea groups is 1.